The van der Waals surface area contributed by atoms with Crippen molar-refractivity contribution in [3.05, 3.63) is 36.0 Å². The van der Waals surface area contributed by atoms with E-state index < -0.39 is 29.4 Å². The predicted octanol–water partition coefficient (Wildman–Crippen LogP) is 4.19. The molecule has 1 atom stereocenters. The summed E-state index contributed by atoms with van der Waals surface area (Å²) in [5, 5.41) is 3.87. The number of likely N-dealkylation sites (tertiary alicyclic amines) is 1. The molecule has 1 amide bonds. The molecule has 2 aliphatic heterocycles. The van der Waals surface area contributed by atoms with Crippen molar-refractivity contribution in [1.82, 2.24) is 15.2 Å². The number of alkyl halides is 2. The van der Waals surface area contributed by atoms with E-state index in [1.165, 1.54) is 0 Å². The third-order valence-corrected chi connectivity index (χ3v) is 5.51. The number of carbonyl (C=O) groups is 1. The van der Waals surface area contributed by atoms with E-state index in [0.717, 1.165) is 10.9 Å². The number of hydrogen-bond donors (Lipinski definition) is 2. The third-order valence-electron chi connectivity index (χ3n) is 5.51. The van der Waals surface area contributed by atoms with Gasteiger partial charge in [0.1, 0.15) is 11.6 Å². The van der Waals surface area contributed by atoms with Crippen molar-refractivity contribution < 1.29 is 23.0 Å². The highest BCUT2D eigenvalue weighted by atomic mass is 19.3. The van der Waals surface area contributed by atoms with Crippen LogP contribution in [0.5, 0.6) is 0 Å². The first-order chi connectivity index (χ1) is 13.6. The highest BCUT2D eigenvalue weighted by Gasteiger charge is 2.55. The largest absolute Gasteiger partial charge is 0.444 e. The second-order valence-corrected chi connectivity index (χ2v) is 8.94. The summed E-state index contributed by atoms with van der Waals surface area (Å²) >= 11 is 0. The van der Waals surface area contributed by atoms with Crippen LogP contribution in [0.1, 0.15) is 45.3 Å². The van der Waals surface area contributed by atoms with Crippen molar-refractivity contribution in [2.24, 2.45) is 0 Å². The van der Waals surface area contributed by atoms with Gasteiger partial charge in [-0.15, -0.1) is 0 Å². The van der Waals surface area contributed by atoms with Crippen LogP contribution in [0.2, 0.25) is 0 Å². The van der Waals surface area contributed by atoms with Gasteiger partial charge in [-0.2, -0.15) is 8.78 Å². The smallest absolute Gasteiger partial charge is 0.410 e. The fraction of sp³-hybridized carbons (Fsp3) is 0.571. The second-order valence-electron chi connectivity index (χ2n) is 8.94. The second kappa shape index (κ2) is 6.95. The van der Waals surface area contributed by atoms with Crippen LogP contribution >= 0.6 is 0 Å². The minimum Gasteiger partial charge on any atom is -0.444 e. The number of fused-ring (bicyclic) bond motifs is 1. The van der Waals surface area contributed by atoms with Crippen LogP contribution in [0.3, 0.4) is 0 Å². The van der Waals surface area contributed by atoms with Gasteiger partial charge in [0.05, 0.1) is 5.60 Å². The Bertz CT molecular complexity index is 865. The molecule has 1 aromatic heterocycles. The minimum atomic E-state index is -3.37. The number of morpholine rings is 1. The molecule has 1 aromatic carbocycles. The van der Waals surface area contributed by atoms with Crippen LogP contribution in [0.25, 0.3) is 10.9 Å². The molecule has 2 fully saturated rings. The zero-order valence-electron chi connectivity index (χ0n) is 16.9. The summed E-state index contributed by atoms with van der Waals surface area (Å²) < 4.78 is 40.7. The van der Waals surface area contributed by atoms with E-state index in [1.54, 1.807) is 31.7 Å². The number of piperidine rings is 1. The maximum atomic E-state index is 15.0. The maximum Gasteiger partial charge on any atom is 0.410 e. The number of hydrogen-bond acceptors (Lipinski definition) is 4. The molecule has 0 saturated carbocycles. The lowest BCUT2D eigenvalue weighted by Crippen LogP contribution is -2.62. The number of para-hydroxylation sites is 1. The number of amides is 1. The van der Waals surface area contributed by atoms with E-state index in [-0.39, 0.29) is 0 Å². The summed E-state index contributed by atoms with van der Waals surface area (Å²) in [6, 6.07) is 7.95. The molecule has 2 aliphatic rings. The van der Waals surface area contributed by atoms with Gasteiger partial charge in [-0.05, 0) is 51.1 Å². The van der Waals surface area contributed by atoms with Gasteiger partial charge in [-0.3, -0.25) is 5.32 Å². The number of ether oxygens (including phenoxy) is 2. The summed E-state index contributed by atoms with van der Waals surface area (Å²) in [6.07, 6.45) is -3.13. The molecule has 2 saturated heterocycles. The standard InChI is InChI=1S/C21H27F2N3O3/c1-19(2,3)28-18(27)26-10-8-20(9-11-26)13-24-17(21(22,23)29-20)16-12-14-6-4-5-7-15(14)25-16/h4-7,12,17,24-25H,8-11,13H2,1-3H3. The van der Waals surface area contributed by atoms with Crippen molar-refractivity contribution in [2.45, 2.75) is 57.0 Å². The van der Waals surface area contributed by atoms with Crippen molar-refractivity contribution >= 4 is 17.0 Å². The molecule has 6 nitrogen and oxygen atoms in total. The quantitative estimate of drug-likeness (QED) is 0.744. The molecular weight excluding hydrogens is 380 g/mol. The molecule has 158 valence electrons. The van der Waals surface area contributed by atoms with Crippen LogP contribution in [0, 0.1) is 0 Å². The first kappa shape index (κ1) is 20.1. The molecule has 8 heteroatoms. The normalized spacial score (nSPS) is 24.0. The summed E-state index contributed by atoms with van der Waals surface area (Å²) in [7, 11) is 0. The highest BCUT2D eigenvalue weighted by Crippen LogP contribution is 2.43. The zero-order chi connectivity index (χ0) is 20.9. The predicted molar refractivity (Wildman–Crippen MR) is 105 cm³/mol. The van der Waals surface area contributed by atoms with Gasteiger partial charge in [0, 0.05) is 30.8 Å². The van der Waals surface area contributed by atoms with E-state index in [1.807, 2.05) is 24.3 Å². The Morgan fingerprint density at radius 2 is 1.93 bits per heavy atom. The molecule has 0 aliphatic carbocycles. The average Bonchev–Trinajstić information content (AvgIpc) is 3.03. The van der Waals surface area contributed by atoms with Gasteiger partial charge in [0.15, 0.2) is 0 Å². The first-order valence-electron chi connectivity index (χ1n) is 9.94. The highest BCUT2D eigenvalue weighted by molar-refractivity contribution is 5.80. The number of nitrogens with zero attached hydrogens (tertiary/aromatic N) is 1. The van der Waals surface area contributed by atoms with Crippen molar-refractivity contribution in [1.29, 1.82) is 0 Å². The number of aromatic nitrogens is 1. The van der Waals surface area contributed by atoms with Crippen LogP contribution < -0.4 is 5.32 Å². The molecule has 0 bridgehead atoms. The Kier molecular flexibility index (Phi) is 4.82. The molecule has 2 N–H and O–H groups in total. The summed E-state index contributed by atoms with van der Waals surface area (Å²) in [5.74, 6) is 0. The number of halogens is 2. The number of aromatic amines is 1. The zero-order valence-corrected chi connectivity index (χ0v) is 16.9. The van der Waals surface area contributed by atoms with Crippen molar-refractivity contribution in [3.63, 3.8) is 0 Å². The monoisotopic (exact) mass is 407 g/mol. The minimum absolute atomic E-state index is 0.296. The number of benzene rings is 1. The number of rotatable bonds is 1. The van der Waals surface area contributed by atoms with E-state index in [4.69, 9.17) is 9.47 Å². The fourth-order valence-electron chi connectivity index (χ4n) is 4.04. The van der Waals surface area contributed by atoms with E-state index >= 15 is 0 Å². The molecule has 1 spiro atoms. The summed E-state index contributed by atoms with van der Waals surface area (Å²) in [4.78, 5) is 16.9. The Balaban J connectivity index is 1.43. The molecule has 2 aromatic rings. The van der Waals surface area contributed by atoms with E-state index in [0.29, 0.717) is 38.2 Å². The van der Waals surface area contributed by atoms with Crippen LogP contribution in [-0.2, 0) is 9.47 Å². The van der Waals surface area contributed by atoms with Gasteiger partial charge >= 0.3 is 12.2 Å². The van der Waals surface area contributed by atoms with Crippen LogP contribution in [0.15, 0.2) is 30.3 Å². The number of carbonyl (C=O) groups excluding carboxylic acids is 1. The molecule has 1 unspecified atom stereocenters. The van der Waals surface area contributed by atoms with Crippen molar-refractivity contribution in [3.8, 4) is 0 Å². The SMILES string of the molecule is CC(C)(C)OC(=O)N1CCC2(CC1)CNC(c1cc3ccccc3[nH]1)C(F)(F)O2. The number of nitrogens with one attached hydrogen (secondary N) is 2. The van der Waals surface area contributed by atoms with Crippen LogP contribution in [-0.4, -0.2) is 52.9 Å². The molecule has 4 rings (SSSR count). The van der Waals surface area contributed by atoms with Gasteiger partial charge in [0.25, 0.3) is 0 Å². The van der Waals surface area contributed by atoms with Crippen LogP contribution in [0.4, 0.5) is 13.6 Å². The Morgan fingerprint density at radius 1 is 1.24 bits per heavy atom. The third kappa shape index (κ3) is 4.09. The van der Waals surface area contributed by atoms with Crippen molar-refractivity contribution in [2.75, 3.05) is 19.6 Å². The lowest BCUT2D eigenvalue weighted by Gasteiger charge is -2.48. The number of H-pyrrole nitrogens is 1. The van der Waals surface area contributed by atoms with Gasteiger partial charge in [-0.25, -0.2) is 4.79 Å². The van der Waals surface area contributed by atoms with Gasteiger partial charge < -0.3 is 19.4 Å². The molecular formula is C21H27F2N3O3. The lowest BCUT2D eigenvalue weighted by atomic mass is 9.88. The van der Waals surface area contributed by atoms with E-state index in [9.17, 15) is 13.6 Å². The first-order valence-corrected chi connectivity index (χ1v) is 9.94. The van der Waals surface area contributed by atoms with E-state index in [2.05, 4.69) is 10.3 Å². The maximum absolute atomic E-state index is 15.0. The van der Waals surface area contributed by atoms with Gasteiger partial charge in [0.2, 0.25) is 0 Å². The topological polar surface area (TPSA) is 66.6 Å². The Hall–Kier alpha value is -2.19. The molecule has 29 heavy (non-hydrogen) atoms. The molecule has 3 heterocycles. The summed E-state index contributed by atoms with van der Waals surface area (Å²) in [6.45, 7) is 6.35. The summed E-state index contributed by atoms with van der Waals surface area (Å²) in [5.41, 5.74) is -0.372. The Morgan fingerprint density at radius 3 is 2.55 bits per heavy atom. The average molecular weight is 407 g/mol. The molecule has 0 radical (unpaired) electrons. The Labute approximate surface area is 168 Å². The lowest BCUT2D eigenvalue weighted by molar-refractivity contribution is -0.337. The van der Waals surface area contributed by atoms with Gasteiger partial charge in [-0.1, -0.05) is 18.2 Å². The fourth-order valence-corrected chi connectivity index (χ4v) is 4.04.